The van der Waals surface area contributed by atoms with Gasteiger partial charge in [-0.25, -0.2) is 13.8 Å². The number of pyridine rings is 2. The number of hydrogen-bond acceptors (Lipinski definition) is 3. The minimum Gasteiger partial charge on any atom is -0.438 e. The van der Waals surface area contributed by atoms with E-state index in [1.165, 1.54) is 25.1 Å². The molecule has 1 N–H and O–H groups in total. The summed E-state index contributed by atoms with van der Waals surface area (Å²) in [4.78, 5) is 19.7. The van der Waals surface area contributed by atoms with Crippen LogP contribution >= 0.6 is 0 Å². The molecular formula is C22H18F2N2O2. The number of ether oxygens (including phenoxy) is 1. The number of benzene rings is 2. The fraction of sp³-hybridized carbons (Fsp3) is 0.0909. The van der Waals surface area contributed by atoms with Gasteiger partial charge in [0.05, 0.1) is 16.8 Å². The molecule has 0 spiro atoms. The molecule has 0 saturated heterocycles. The minimum atomic E-state index is -0.969. The molecule has 0 bridgehead atoms. The molecule has 6 heteroatoms. The van der Waals surface area contributed by atoms with Crippen LogP contribution in [0.3, 0.4) is 0 Å². The van der Waals surface area contributed by atoms with Gasteiger partial charge >= 0.3 is 0 Å². The van der Waals surface area contributed by atoms with Crippen LogP contribution in [-0.2, 0) is 0 Å². The summed E-state index contributed by atoms with van der Waals surface area (Å²) in [5, 5.41) is 0.856. The number of aryl methyl sites for hydroxylation is 1. The number of halogens is 2. The van der Waals surface area contributed by atoms with Crippen LogP contribution in [-0.4, -0.2) is 9.97 Å². The minimum absolute atomic E-state index is 0. The van der Waals surface area contributed by atoms with Crippen LogP contribution < -0.4 is 10.2 Å². The molecule has 4 aromatic rings. The second-order valence-corrected chi connectivity index (χ2v) is 6.53. The van der Waals surface area contributed by atoms with Crippen molar-refractivity contribution >= 4 is 10.9 Å². The van der Waals surface area contributed by atoms with Crippen LogP contribution in [0, 0.1) is 25.5 Å². The molecule has 28 heavy (non-hydrogen) atoms. The van der Waals surface area contributed by atoms with Gasteiger partial charge in [-0.15, -0.1) is 0 Å². The molecule has 0 aliphatic carbocycles. The van der Waals surface area contributed by atoms with Gasteiger partial charge < -0.3 is 9.72 Å². The Morgan fingerprint density at radius 1 is 1.04 bits per heavy atom. The third-order valence-electron chi connectivity index (χ3n) is 4.45. The van der Waals surface area contributed by atoms with Crippen molar-refractivity contribution in [3.63, 3.8) is 0 Å². The summed E-state index contributed by atoms with van der Waals surface area (Å²) in [5.74, 6) is -1.57. The van der Waals surface area contributed by atoms with Gasteiger partial charge in [-0.2, -0.15) is 0 Å². The van der Waals surface area contributed by atoms with E-state index in [2.05, 4.69) is 9.97 Å². The van der Waals surface area contributed by atoms with Crippen LogP contribution in [0.15, 0.2) is 59.4 Å². The van der Waals surface area contributed by atoms with Crippen molar-refractivity contribution in [2.75, 3.05) is 0 Å². The number of hydrogen-bond donors (Lipinski definition) is 1. The first-order chi connectivity index (χ1) is 13.4. The summed E-state index contributed by atoms with van der Waals surface area (Å²) < 4.78 is 33.3. The molecule has 0 radical (unpaired) electrons. The predicted molar refractivity (Wildman–Crippen MR) is 106 cm³/mol. The van der Waals surface area contributed by atoms with Gasteiger partial charge in [0.2, 0.25) is 5.88 Å². The maximum atomic E-state index is 14.0. The van der Waals surface area contributed by atoms with E-state index in [0.29, 0.717) is 22.5 Å². The highest BCUT2D eigenvalue weighted by atomic mass is 19.2. The number of rotatable bonds is 3. The van der Waals surface area contributed by atoms with Gasteiger partial charge in [0.1, 0.15) is 5.75 Å². The Labute approximate surface area is 160 Å². The summed E-state index contributed by atoms with van der Waals surface area (Å²) in [7, 11) is 0. The van der Waals surface area contributed by atoms with Gasteiger partial charge in [-0.3, -0.25) is 4.79 Å². The lowest BCUT2D eigenvalue weighted by Gasteiger charge is -2.14. The molecule has 0 amide bonds. The molecule has 0 atom stereocenters. The first kappa shape index (κ1) is 17.9. The fourth-order valence-electron chi connectivity index (χ4n) is 3.05. The maximum Gasteiger partial charge on any atom is 0.229 e. The molecule has 0 saturated carbocycles. The van der Waals surface area contributed by atoms with Crippen molar-refractivity contribution in [2.45, 2.75) is 13.8 Å². The zero-order chi connectivity index (χ0) is 19.8. The largest absolute Gasteiger partial charge is 0.438 e. The second-order valence-electron chi connectivity index (χ2n) is 6.53. The molecule has 0 fully saturated rings. The number of nitrogens with one attached hydrogen (secondary N) is 1. The van der Waals surface area contributed by atoms with Crippen molar-refractivity contribution in [3.05, 3.63) is 87.7 Å². The first-order valence-corrected chi connectivity index (χ1v) is 8.66. The third-order valence-corrected chi connectivity index (χ3v) is 4.45. The Balaban J connectivity index is 0.00000240. The van der Waals surface area contributed by atoms with Crippen molar-refractivity contribution in [1.82, 2.24) is 9.97 Å². The molecule has 0 aliphatic rings. The molecule has 2 aromatic heterocycles. The monoisotopic (exact) mass is 380 g/mol. The number of para-hydroxylation sites is 1. The Hall–Kier alpha value is -3.54. The predicted octanol–water partition coefficient (Wildman–Crippen LogP) is 5.52. The van der Waals surface area contributed by atoms with Crippen molar-refractivity contribution < 1.29 is 14.9 Å². The first-order valence-electron chi connectivity index (χ1n) is 8.66. The lowest BCUT2D eigenvalue weighted by Crippen LogP contribution is -2.03. The molecule has 0 aliphatic heterocycles. The molecule has 142 valence electrons. The van der Waals surface area contributed by atoms with Crippen LogP contribution in [0.25, 0.3) is 22.2 Å². The highest BCUT2D eigenvalue weighted by molar-refractivity contribution is 5.85. The summed E-state index contributed by atoms with van der Waals surface area (Å²) in [5.41, 5.74) is 2.32. The van der Waals surface area contributed by atoms with Crippen LogP contribution in [0.5, 0.6) is 11.6 Å². The Kier molecular flexibility index (Phi) is 4.39. The number of aromatic nitrogens is 2. The van der Waals surface area contributed by atoms with Gasteiger partial charge in [-0.1, -0.05) is 18.2 Å². The highest BCUT2D eigenvalue weighted by Crippen LogP contribution is 2.35. The van der Waals surface area contributed by atoms with Gasteiger partial charge in [-0.05, 0) is 38.1 Å². The van der Waals surface area contributed by atoms with Gasteiger partial charge in [0, 0.05) is 30.2 Å². The van der Waals surface area contributed by atoms with E-state index < -0.39 is 11.6 Å². The molecule has 4 rings (SSSR count). The average molecular weight is 380 g/mol. The normalized spacial score (nSPS) is 11.0. The highest BCUT2D eigenvalue weighted by Gasteiger charge is 2.16. The van der Waals surface area contributed by atoms with Crippen LogP contribution in [0.1, 0.15) is 12.7 Å². The van der Waals surface area contributed by atoms with E-state index in [1.807, 2.05) is 30.3 Å². The smallest absolute Gasteiger partial charge is 0.229 e. The van der Waals surface area contributed by atoms with E-state index in [0.717, 1.165) is 11.5 Å². The fourth-order valence-corrected chi connectivity index (χ4v) is 3.05. The van der Waals surface area contributed by atoms with Gasteiger partial charge in [0.25, 0.3) is 0 Å². The van der Waals surface area contributed by atoms with E-state index in [4.69, 9.17) is 4.74 Å². The summed E-state index contributed by atoms with van der Waals surface area (Å²) in [6.07, 6.45) is 0. The molecule has 4 nitrogen and oxygen atoms in total. The molecule has 2 aromatic carbocycles. The average Bonchev–Trinajstić information content (AvgIpc) is 2.67. The van der Waals surface area contributed by atoms with E-state index in [9.17, 15) is 13.6 Å². The third kappa shape index (κ3) is 3.24. The zero-order valence-electron chi connectivity index (χ0n) is 15.2. The molecular weight excluding hydrogens is 362 g/mol. The SMILES string of the molecule is Cc1cc(=O)cc(-c2cc3ccccc3nc2Oc2ccc(F)c(F)c2C)[nH]1.[HH]. The Bertz CT molecular complexity index is 1270. The number of H-pyrrole nitrogens is 1. The van der Waals surface area contributed by atoms with Crippen molar-refractivity contribution in [1.29, 1.82) is 0 Å². The zero-order valence-corrected chi connectivity index (χ0v) is 15.2. The maximum absolute atomic E-state index is 14.0. The lowest BCUT2D eigenvalue weighted by atomic mass is 10.1. The van der Waals surface area contributed by atoms with Gasteiger partial charge in [0.15, 0.2) is 17.1 Å². The van der Waals surface area contributed by atoms with Crippen LogP contribution in [0.2, 0.25) is 0 Å². The molecule has 2 heterocycles. The topological polar surface area (TPSA) is 55.0 Å². The van der Waals surface area contributed by atoms with Crippen molar-refractivity contribution in [3.8, 4) is 22.9 Å². The van der Waals surface area contributed by atoms with Crippen molar-refractivity contribution in [2.24, 2.45) is 0 Å². The second kappa shape index (κ2) is 6.88. The number of nitrogens with zero attached hydrogens (tertiary/aromatic N) is 1. The van der Waals surface area contributed by atoms with E-state index in [-0.39, 0.29) is 24.0 Å². The van der Waals surface area contributed by atoms with Crippen LogP contribution in [0.4, 0.5) is 8.78 Å². The Morgan fingerprint density at radius 2 is 1.82 bits per heavy atom. The molecule has 0 unspecified atom stereocenters. The summed E-state index contributed by atoms with van der Waals surface area (Å²) in [6, 6.07) is 14.6. The van der Waals surface area contributed by atoms with E-state index in [1.54, 1.807) is 6.92 Å². The quantitative estimate of drug-likeness (QED) is 0.509. The van der Waals surface area contributed by atoms with E-state index >= 15 is 0 Å². The standard InChI is InChI=1S/C22H16F2N2O2.H2/c1-12-9-15(27)11-19(25-12)16-10-14-5-3-4-6-18(14)26-22(16)28-20-8-7-17(23)21(24)13(20)2;/h3-11H,1-2H3,(H,25,27);1H. The lowest BCUT2D eigenvalue weighted by molar-refractivity contribution is 0.444. The summed E-state index contributed by atoms with van der Waals surface area (Å²) >= 11 is 0. The Morgan fingerprint density at radius 3 is 2.61 bits per heavy atom. The summed E-state index contributed by atoms with van der Waals surface area (Å²) in [6.45, 7) is 3.21. The number of fused-ring (bicyclic) bond motifs is 1. The number of aromatic amines is 1.